The van der Waals surface area contributed by atoms with E-state index in [0.29, 0.717) is 18.0 Å². The molecule has 144 valence electrons. The van der Waals surface area contributed by atoms with Crippen LogP contribution in [0.5, 0.6) is 0 Å². The molecule has 0 aliphatic carbocycles. The fraction of sp³-hybridized carbons (Fsp3) is 0.227. The average Bonchev–Trinajstić information content (AvgIpc) is 3.12. The molecule has 1 aliphatic rings. The standard InChI is InChI=1S/C22H21NO3S2/c1-14(2)15-8-10-16(11-9-15)18-12-20(24)23-21-19(13-27-22(18)21)28(25,26)17-6-4-3-5-7-17/h3-11,13-14,18H,12H2,1-2H3,(H,23,24)/t18-/m0/s1. The Balaban J connectivity index is 1.78. The third-order valence-electron chi connectivity index (χ3n) is 5.10. The van der Waals surface area contributed by atoms with E-state index < -0.39 is 9.84 Å². The van der Waals surface area contributed by atoms with Crippen molar-refractivity contribution in [2.24, 2.45) is 0 Å². The Morgan fingerprint density at radius 3 is 2.36 bits per heavy atom. The van der Waals surface area contributed by atoms with Crippen molar-refractivity contribution in [3.63, 3.8) is 0 Å². The van der Waals surface area contributed by atoms with E-state index in [0.717, 1.165) is 10.4 Å². The molecule has 28 heavy (non-hydrogen) atoms. The molecular weight excluding hydrogens is 390 g/mol. The molecule has 1 atom stereocenters. The Bertz CT molecular complexity index is 1110. The summed E-state index contributed by atoms with van der Waals surface area (Å²) in [5.74, 6) is 0.145. The maximum Gasteiger partial charge on any atom is 0.225 e. The highest BCUT2D eigenvalue weighted by molar-refractivity contribution is 7.91. The number of carbonyl (C=O) groups excluding carboxylic acids is 1. The molecule has 2 aromatic carbocycles. The predicted octanol–water partition coefficient (Wildman–Crippen LogP) is 5.18. The Labute approximate surface area is 169 Å². The molecule has 1 N–H and O–H groups in total. The average molecular weight is 412 g/mol. The van der Waals surface area contributed by atoms with Gasteiger partial charge in [-0.3, -0.25) is 4.79 Å². The lowest BCUT2D eigenvalue weighted by molar-refractivity contribution is -0.116. The van der Waals surface area contributed by atoms with Gasteiger partial charge in [-0.05, 0) is 29.2 Å². The first-order valence-electron chi connectivity index (χ1n) is 9.19. The number of benzene rings is 2. The van der Waals surface area contributed by atoms with Gasteiger partial charge in [0.25, 0.3) is 0 Å². The summed E-state index contributed by atoms with van der Waals surface area (Å²) in [5.41, 5.74) is 2.71. The van der Waals surface area contributed by atoms with E-state index in [1.165, 1.54) is 16.9 Å². The van der Waals surface area contributed by atoms with Crippen LogP contribution in [-0.4, -0.2) is 14.3 Å². The van der Waals surface area contributed by atoms with Crippen molar-refractivity contribution in [3.8, 4) is 0 Å². The Kier molecular flexibility index (Phi) is 4.85. The smallest absolute Gasteiger partial charge is 0.225 e. The lowest BCUT2D eigenvalue weighted by atomic mass is 9.89. The third kappa shape index (κ3) is 3.27. The molecule has 4 rings (SSSR count). The summed E-state index contributed by atoms with van der Waals surface area (Å²) < 4.78 is 26.2. The summed E-state index contributed by atoms with van der Waals surface area (Å²) in [6, 6.07) is 16.6. The minimum absolute atomic E-state index is 0.130. The summed E-state index contributed by atoms with van der Waals surface area (Å²) in [7, 11) is -3.69. The van der Waals surface area contributed by atoms with Gasteiger partial charge in [-0.2, -0.15) is 0 Å². The monoisotopic (exact) mass is 411 g/mol. The zero-order valence-electron chi connectivity index (χ0n) is 15.7. The number of anilines is 1. The maximum absolute atomic E-state index is 13.1. The van der Waals surface area contributed by atoms with Crippen LogP contribution in [-0.2, 0) is 14.6 Å². The number of amides is 1. The van der Waals surface area contributed by atoms with Gasteiger partial charge in [0.05, 0.1) is 10.6 Å². The summed E-state index contributed by atoms with van der Waals surface area (Å²) in [6.07, 6.45) is 0.319. The third-order valence-corrected chi connectivity index (χ3v) is 8.14. The first-order chi connectivity index (χ1) is 13.4. The van der Waals surface area contributed by atoms with Gasteiger partial charge in [0.15, 0.2) is 0 Å². The number of carbonyl (C=O) groups is 1. The van der Waals surface area contributed by atoms with Gasteiger partial charge in [0, 0.05) is 22.6 Å². The second-order valence-electron chi connectivity index (χ2n) is 7.28. The van der Waals surface area contributed by atoms with Crippen LogP contribution in [0.2, 0.25) is 0 Å². The molecule has 0 unspecified atom stereocenters. The SMILES string of the molecule is CC(C)c1ccc([C@@H]2CC(=O)Nc3c(S(=O)(=O)c4ccccc4)csc32)cc1. The lowest BCUT2D eigenvalue weighted by Crippen LogP contribution is -2.23. The minimum Gasteiger partial charge on any atom is -0.324 e. The number of nitrogens with one attached hydrogen (secondary N) is 1. The Morgan fingerprint density at radius 1 is 1.04 bits per heavy atom. The van der Waals surface area contributed by atoms with Gasteiger partial charge in [0.2, 0.25) is 15.7 Å². The van der Waals surface area contributed by atoms with E-state index >= 15 is 0 Å². The fourth-order valence-corrected chi connectivity index (χ4v) is 6.44. The zero-order chi connectivity index (χ0) is 19.9. The quantitative estimate of drug-likeness (QED) is 0.643. The first kappa shape index (κ1) is 18.9. The van der Waals surface area contributed by atoms with Crippen molar-refractivity contribution in [1.29, 1.82) is 0 Å². The molecule has 6 heteroatoms. The van der Waals surface area contributed by atoms with Crippen LogP contribution in [0.4, 0.5) is 5.69 Å². The fourth-order valence-electron chi connectivity index (χ4n) is 3.51. The normalized spacial score (nSPS) is 16.7. The summed E-state index contributed by atoms with van der Waals surface area (Å²) >= 11 is 1.40. The minimum atomic E-state index is -3.69. The predicted molar refractivity (Wildman–Crippen MR) is 112 cm³/mol. The number of sulfone groups is 1. The van der Waals surface area contributed by atoms with Crippen LogP contribution in [0.1, 0.15) is 48.1 Å². The second-order valence-corrected chi connectivity index (χ2v) is 10.1. The van der Waals surface area contributed by atoms with Crippen molar-refractivity contribution in [2.45, 2.75) is 41.9 Å². The van der Waals surface area contributed by atoms with Crippen LogP contribution in [0.3, 0.4) is 0 Å². The topological polar surface area (TPSA) is 63.2 Å². The number of hydrogen-bond acceptors (Lipinski definition) is 4. The van der Waals surface area contributed by atoms with Crippen molar-refractivity contribution < 1.29 is 13.2 Å². The number of thiophene rings is 1. The molecule has 0 saturated carbocycles. The molecule has 0 fully saturated rings. The number of fused-ring (bicyclic) bond motifs is 1. The molecule has 3 aromatic rings. The van der Waals surface area contributed by atoms with E-state index in [9.17, 15) is 13.2 Å². The van der Waals surface area contributed by atoms with Gasteiger partial charge >= 0.3 is 0 Å². The van der Waals surface area contributed by atoms with Crippen molar-refractivity contribution in [3.05, 3.63) is 76.0 Å². The molecule has 0 spiro atoms. The molecule has 0 radical (unpaired) electrons. The van der Waals surface area contributed by atoms with Gasteiger partial charge in [-0.1, -0.05) is 56.3 Å². The Morgan fingerprint density at radius 2 is 1.71 bits per heavy atom. The van der Waals surface area contributed by atoms with Crippen LogP contribution in [0, 0.1) is 0 Å². The highest BCUT2D eigenvalue weighted by atomic mass is 32.2. The van der Waals surface area contributed by atoms with E-state index in [4.69, 9.17) is 0 Å². The number of hydrogen-bond donors (Lipinski definition) is 1. The van der Waals surface area contributed by atoms with E-state index in [-0.39, 0.29) is 21.6 Å². The molecule has 1 amide bonds. The number of rotatable bonds is 4. The molecular formula is C22H21NO3S2. The van der Waals surface area contributed by atoms with E-state index in [2.05, 4.69) is 31.3 Å². The zero-order valence-corrected chi connectivity index (χ0v) is 17.3. The lowest BCUT2D eigenvalue weighted by Gasteiger charge is -2.24. The molecule has 1 aliphatic heterocycles. The second kappa shape index (κ2) is 7.18. The van der Waals surface area contributed by atoms with Gasteiger partial charge in [0.1, 0.15) is 4.90 Å². The summed E-state index contributed by atoms with van der Waals surface area (Å²) in [6.45, 7) is 4.28. The first-order valence-corrected chi connectivity index (χ1v) is 11.6. The highest BCUT2D eigenvalue weighted by Crippen LogP contribution is 2.45. The van der Waals surface area contributed by atoms with Crippen LogP contribution < -0.4 is 5.32 Å². The van der Waals surface area contributed by atoms with Crippen LogP contribution >= 0.6 is 11.3 Å². The van der Waals surface area contributed by atoms with Crippen molar-refractivity contribution >= 4 is 32.8 Å². The molecule has 0 bridgehead atoms. The summed E-state index contributed by atoms with van der Waals surface area (Å²) in [5, 5.41) is 4.45. The van der Waals surface area contributed by atoms with E-state index in [1.807, 2.05) is 12.1 Å². The summed E-state index contributed by atoms with van der Waals surface area (Å²) in [4.78, 5) is 13.7. The van der Waals surface area contributed by atoms with Crippen molar-refractivity contribution in [2.75, 3.05) is 5.32 Å². The largest absolute Gasteiger partial charge is 0.324 e. The highest BCUT2D eigenvalue weighted by Gasteiger charge is 2.34. The van der Waals surface area contributed by atoms with Gasteiger partial charge in [-0.25, -0.2) is 8.42 Å². The molecule has 1 aromatic heterocycles. The molecule has 0 saturated heterocycles. The van der Waals surface area contributed by atoms with E-state index in [1.54, 1.807) is 35.7 Å². The molecule has 2 heterocycles. The van der Waals surface area contributed by atoms with Crippen molar-refractivity contribution in [1.82, 2.24) is 0 Å². The van der Waals surface area contributed by atoms with Crippen LogP contribution in [0.25, 0.3) is 0 Å². The van der Waals surface area contributed by atoms with Gasteiger partial charge < -0.3 is 5.32 Å². The molecule has 4 nitrogen and oxygen atoms in total. The Hall–Kier alpha value is -2.44. The van der Waals surface area contributed by atoms with Crippen LogP contribution in [0.15, 0.2) is 69.8 Å². The van der Waals surface area contributed by atoms with Gasteiger partial charge in [-0.15, -0.1) is 11.3 Å². The maximum atomic E-state index is 13.1.